The highest BCUT2D eigenvalue weighted by molar-refractivity contribution is 7.15. The third-order valence-electron chi connectivity index (χ3n) is 1.97. The highest BCUT2D eigenvalue weighted by Gasteiger charge is 2.02. The number of rotatable bonds is 4. The first-order valence-corrected chi connectivity index (χ1v) is 5.82. The molecule has 0 aliphatic carbocycles. The molecule has 0 amide bonds. The summed E-state index contributed by atoms with van der Waals surface area (Å²) in [6.45, 7) is 3.50. The summed E-state index contributed by atoms with van der Waals surface area (Å²) in [4.78, 5) is 10.9. The summed E-state index contributed by atoms with van der Waals surface area (Å²) in [5, 5.41) is 12.9. The second-order valence-electron chi connectivity index (χ2n) is 3.24. The fraction of sp³-hybridized carbons (Fsp3) is 0.300. The van der Waals surface area contributed by atoms with Crippen LogP contribution in [0, 0.1) is 0 Å². The van der Waals surface area contributed by atoms with E-state index in [1.54, 1.807) is 12.4 Å². The Morgan fingerprint density at radius 3 is 2.81 bits per heavy atom. The van der Waals surface area contributed by atoms with Gasteiger partial charge in [0.05, 0.1) is 6.54 Å². The van der Waals surface area contributed by atoms with Gasteiger partial charge in [0, 0.05) is 31.1 Å². The summed E-state index contributed by atoms with van der Waals surface area (Å²) < 4.78 is 1.90. The van der Waals surface area contributed by atoms with E-state index in [1.165, 1.54) is 23.5 Å². The summed E-state index contributed by atoms with van der Waals surface area (Å²) in [7, 11) is 0. The molecule has 6 heteroatoms. The first-order chi connectivity index (χ1) is 7.78. The van der Waals surface area contributed by atoms with E-state index in [0.29, 0.717) is 6.54 Å². The molecule has 0 saturated carbocycles. The molecule has 0 spiro atoms. The van der Waals surface area contributed by atoms with E-state index in [4.69, 9.17) is 0 Å². The normalized spacial score (nSPS) is 10.3. The number of hydrogen-bond donors (Lipinski definition) is 1. The van der Waals surface area contributed by atoms with Crippen molar-refractivity contribution in [2.75, 3.05) is 11.9 Å². The summed E-state index contributed by atoms with van der Waals surface area (Å²) in [6.07, 6.45) is 3.49. The van der Waals surface area contributed by atoms with Crippen LogP contribution in [0.4, 0.5) is 5.13 Å². The number of hydrogen-bond acceptors (Lipinski definition) is 5. The lowest BCUT2D eigenvalue weighted by molar-refractivity contribution is 0.769. The Hall–Kier alpha value is -1.69. The van der Waals surface area contributed by atoms with E-state index in [9.17, 15) is 4.79 Å². The van der Waals surface area contributed by atoms with Crippen LogP contribution in [-0.4, -0.2) is 21.3 Å². The molecule has 0 radical (unpaired) electrons. The van der Waals surface area contributed by atoms with Gasteiger partial charge in [-0.05, 0) is 6.92 Å². The fourth-order valence-corrected chi connectivity index (χ4v) is 2.06. The Morgan fingerprint density at radius 2 is 2.12 bits per heavy atom. The highest BCUT2D eigenvalue weighted by atomic mass is 32.1. The van der Waals surface area contributed by atoms with Crippen molar-refractivity contribution in [3.63, 3.8) is 0 Å². The van der Waals surface area contributed by atoms with Gasteiger partial charge in [-0.25, -0.2) is 0 Å². The molecule has 84 valence electrons. The van der Waals surface area contributed by atoms with Crippen LogP contribution in [-0.2, 0) is 6.54 Å². The van der Waals surface area contributed by atoms with Crippen molar-refractivity contribution in [2.45, 2.75) is 13.5 Å². The molecule has 0 aliphatic rings. The molecule has 2 aromatic heterocycles. The summed E-state index contributed by atoms with van der Waals surface area (Å²) in [6, 6.07) is 3.07. The lowest BCUT2D eigenvalue weighted by Crippen LogP contribution is -2.04. The van der Waals surface area contributed by atoms with Crippen molar-refractivity contribution < 1.29 is 0 Å². The first kappa shape index (κ1) is 10.8. The molecule has 0 bridgehead atoms. The zero-order valence-corrected chi connectivity index (χ0v) is 9.70. The van der Waals surface area contributed by atoms with Gasteiger partial charge in [0.1, 0.15) is 5.01 Å². The minimum absolute atomic E-state index is 0.0156. The van der Waals surface area contributed by atoms with Gasteiger partial charge >= 0.3 is 0 Å². The first-order valence-electron chi connectivity index (χ1n) is 5.00. The Balaban J connectivity index is 2.08. The minimum atomic E-state index is 0.0156. The van der Waals surface area contributed by atoms with E-state index < -0.39 is 0 Å². The van der Waals surface area contributed by atoms with Gasteiger partial charge < -0.3 is 9.88 Å². The molecule has 0 atom stereocenters. The maximum absolute atomic E-state index is 10.9. The Morgan fingerprint density at radius 1 is 1.38 bits per heavy atom. The zero-order valence-electron chi connectivity index (χ0n) is 8.88. The fourth-order valence-electron chi connectivity index (χ4n) is 1.25. The smallest absolute Gasteiger partial charge is 0.205 e. The third kappa shape index (κ3) is 2.66. The Labute approximate surface area is 96.8 Å². The molecule has 16 heavy (non-hydrogen) atoms. The van der Waals surface area contributed by atoms with Crippen molar-refractivity contribution in [3.05, 3.63) is 39.8 Å². The molecule has 0 aromatic carbocycles. The monoisotopic (exact) mass is 236 g/mol. The van der Waals surface area contributed by atoms with Crippen LogP contribution in [0.25, 0.3) is 0 Å². The number of nitrogens with one attached hydrogen (secondary N) is 1. The van der Waals surface area contributed by atoms with Crippen LogP contribution in [0.3, 0.4) is 0 Å². The Kier molecular flexibility index (Phi) is 3.31. The van der Waals surface area contributed by atoms with Crippen molar-refractivity contribution in [3.8, 4) is 0 Å². The summed E-state index contributed by atoms with van der Waals surface area (Å²) >= 11 is 1.52. The van der Waals surface area contributed by atoms with Gasteiger partial charge in [-0.15, -0.1) is 10.2 Å². The lowest BCUT2D eigenvalue weighted by Gasteiger charge is -2.00. The average molecular weight is 236 g/mol. The van der Waals surface area contributed by atoms with Crippen LogP contribution < -0.4 is 10.7 Å². The number of pyridine rings is 1. The second kappa shape index (κ2) is 4.89. The number of anilines is 1. The molecular formula is C10H12N4OS. The van der Waals surface area contributed by atoms with Crippen molar-refractivity contribution in [1.29, 1.82) is 0 Å². The molecule has 0 fully saturated rings. The van der Waals surface area contributed by atoms with E-state index in [-0.39, 0.29) is 5.43 Å². The lowest BCUT2D eigenvalue weighted by atomic mass is 10.4. The topological polar surface area (TPSA) is 59.8 Å². The standard InChI is InChI=1S/C10H12N4OS/c1-2-11-10-13-12-9(16-10)7-14-5-3-8(15)4-6-14/h3-6H,2,7H2,1H3,(H,11,13). The molecular weight excluding hydrogens is 224 g/mol. The molecule has 0 saturated heterocycles. The molecule has 0 aliphatic heterocycles. The predicted octanol–water partition coefficient (Wildman–Crippen LogP) is 1.18. The van der Waals surface area contributed by atoms with Gasteiger partial charge in [-0.3, -0.25) is 4.79 Å². The van der Waals surface area contributed by atoms with Gasteiger partial charge in [-0.2, -0.15) is 0 Å². The average Bonchev–Trinajstić information content (AvgIpc) is 2.70. The summed E-state index contributed by atoms with van der Waals surface area (Å²) in [5.74, 6) is 0. The maximum atomic E-state index is 10.9. The van der Waals surface area contributed by atoms with Crippen molar-refractivity contribution in [1.82, 2.24) is 14.8 Å². The SMILES string of the molecule is CCNc1nnc(Cn2ccc(=O)cc2)s1. The molecule has 2 rings (SSSR count). The molecule has 2 heterocycles. The molecule has 1 N–H and O–H groups in total. The quantitative estimate of drug-likeness (QED) is 0.866. The van der Waals surface area contributed by atoms with Crippen LogP contribution in [0.2, 0.25) is 0 Å². The van der Waals surface area contributed by atoms with E-state index in [1.807, 2.05) is 11.5 Å². The van der Waals surface area contributed by atoms with Gasteiger partial charge in [-0.1, -0.05) is 11.3 Å². The van der Waals surface area contributed by atoms with Crippen LogP contribution >= 0.6 is 11.3 Å². The van der Waals surface area contributed by atoms with E-state index in [0.717, 1.165) is 16.7 Å². The number of nitrogens with zero attached hydrogens (tertiary/aromatic N) is 3. The van der Waals surface area contributed by atoms with Crippen LogP contribution in [0.15, 0.2) is 29.3 Å². The highest BCUT2D eigenvalue weighted by Crippen LogP contribution is 2.15. The Bertz CT molecular complexity index is 499. The summed E-state index contributed by atoms with van der Waals surface area (Å²) in [5.41, 5.74) is 0.0156. The van der Waals surface area contributed by atoms with E-state index >= 15 is 0 Å². The predicted molar refractivity (Wildman–Crippen MR) is 63.9 cm³/mol. The van der Waals surface area contributed by atoms with E-state index in [2.05, 4.69) is 15.5 Å². The largest absolute Gasteiger partial charge is 0.360 e. The van der Waals surface area contributed by atoms with Crippen molar-refractivity contribution in [2.24, 2.45) is 0 Å². The maximum Gasteiger partial charge on any atom is 0.205 e. The van der Waals surface area contributed by atoms with Gasteiger partial charge in [0.25, 0.3) is 0 Å². The van der Waals surface area contributed by atoms with Crippen LogP contribution in [0.5, 0.6) is 0 Å². The third-order valence-corrected chi connectivity index (χ3v) is 2.84. The number of aromatic nitrogens is 3. The molecule has 0 unspecified atom stereocenters. The van der Waals surface area contributed by atoms with Gasteiger partial charge in [0.2, 0.25) is 5.13 Å². The van der Waals surface area contributed by atoms with Crippen LogP contribution in [0.1, 0.15) is 11.9 Å². The molecule has 2 aromatic rings. The minimum Gasteiger partial charge on any atom is -0.360 e. The van der Waals surface area contributed by atoms with Gasteiger partial charge in [0.15, 0.2) is 5.43 Å². The zero-order chi connectivity index (χ0) is 11.4. The molecule has 5 nitrogen and oxygen atoms in total. The van der Waals surface area contributed by atoms with Crippen molar-refractivity contribution >= 4 is 16.5 Å². The second-order valence-corrected chi connectivity index (χ2v) is 4.30.